The highest BCUT2D eigenvalue weighted by Gasteiger charge is 2.24. The third-order valence-electron chi connectivity index (χ3n) is 6.89. The number of ether oxygens (including phenoxy) is 3. The molecule has 13 heteroatoms. The molecule has 0 aliphatic carbocycles. The molecular formula is C35H26N2O10S. The van der Waals surface area contributed by atoms with Crippen molar-refractivity contribution in [2.24, 2.45) is 10.2 Å². The van der Waals surface area contributed by atoms with Crippen molar-refractivity contribution in [3.63, 3.8) is 0 Å². The lowest BCUT2D eigenvalue weighted by Gasteiger charge is -2.13. The van der Waals surface area contributed by atoms with Crippen molar-refractivity contribution in [1.29, 1.82) is 0 Å². The Kier molecular flexibility index (Phi) is 9.73. The van der Waals surface area contributed by atoms with Crippen LogP contribution in [0.3, 0.4) is 0 Å². The largest absolute Gasteiger partial charge is 0.497 e. The van der Waals surface area contributed by atoms with Gasteiger partial charge in [0.05, 0.1) is 12.7 Å². The molecule has 0 radical (unpaired) electrons. The van der Waals surface area contributed by atoms with Crippen molar-refractivity contribution in [2.75, 3.05) is 7.11 Å². The van der Waals surface area contributed by atoms with Crippen LogP contribution >= 0.6 is 0 Å². The Bertz CT molecular complexity index is 2210. The summed E-state index contributed by atoms with van der Waals surface area (Å²) in [6.45, 7) is 1.62. The molecule has 0 saturated carbocycles. The number of aromatic carboxylic acids is 1. The smallest absolute Gasteiger partial charge is 0.343 e. The molecular weight excluding hydrogens is 640 g/mol. The number of aryl methyl sites for hydroxylation is 1. The highest BCUT2D eigenvalue weighted by Crippen LogP contribution is 2.41. The van der Waals surface area contributed by atoms with Crippen LogP contribution < -0.4 is 14.2 Å². The number of methoxy groups -OCH3 is 1. The van der Waals surface area contributed by atoms with Crippen LogP contribution in [0.25, 0.3) is 16.8 Å². The second-order valence-electron chi connectivity index (χ2n) is 10.2. The highest BCUT2D eigenvalue weighted by atomic mass is 32.2. The number of rotatable bonds is 10. The zero-order valence-corrected chi connectivity index (χ0v) is 26.2. The predicted octanol–water partition coefficient (Wildman–Crippen LogP) is 7.36. The van der Waals surface area contributed by atoms with Gasteiger partial charge in [0.1, 0.15) is 33.3 Å². The van der Waals surface area contributed by atoms with E-state index < -0.39 is 44.2 Å². The summed E-state index contributed by atoms with van der Waals surface area (Å²) in [7, 11) is -3.14. The van der Waals surface area contributed by atoms with Gasteiger partial charge in [0.25, 0.3) is 10.1 Å². The molecule has 2 N–H and O–H groups in total. The summed E-state index contributed by atoms with van der Waals surface area (Å²) in [5, 5.41) is 18.9. The normalized spacial score (nSPS) is 11.6. The number of carboxylic acid groups (broad SMARTS) is 1. The lowest BCUT2D eigenvalue weighted by atomic mass is 10.0. The first-order valence-corrected chi connectivity index (χ1v) is 15.5. The van der Waals surface area contributed by atoms with Crippen LogP contribution in [0.5, 0.6) is 17.2 Å². The second kappa shape index (κ2) is 14.1. The zero-order chi connectivity index (χ0) is 34.4. The van der Waals surface area contributed by atoms with Crippen LogP contribution in [-0.2, 0) is 14.9 Å². The van der Waals surface area contributed by atoms with Gasteiger partial charge in [-0.1, -0.05) is 42.5 Å². The number of esters is 2. The van der Waals surface area contributed by atoms with E-state index in [1.807, 2.05) is 0 Å². The lowest BCUT2D eigenvalue weighted by Crippen LogP contribution is -2.12. The van der Waals surface area contributed by atoms with E-state index in [-0.39, 0.29) is 22.7 Å². The van der Waals surface area contributed by atoms with E-state index in [4.69, 9.17) is 14.2 Å². The summed E-state index contributed by atoms with van der Waals surface area (Å²) in [5.74, 6) is -2.70. The topological polar surface area (TPSA) is 178 Å². The van der Waals surface area contributed by atoms with Crippen molar-refractivity contribution < 1.29 is 46.7 Å². The Morgan fingerprint density at radius 1 is 0.812 bits per heavy atom. The molecule has 48 heavy (non-hydrogen) atoms. The number of carboxylic acids is 1. The van der Waals surface area contributed by atoms with Gasteiger partial charge in [-0.2, -0.15) is 8.42 Å². The molecule has 5 aromatic carbocycles. The Balaban J connectivity index is 1.43. The average molecular weight is 667 g/mol. The number of hydrogen-bond acceptors (Lipinski definition) is 10. The zero-order valence-electron chi connectivity index (χ0n) is 25.4. The van der Waals surface area contributed by atoms with Gasteiger partial charge in [-0.3, -0.25) is 4.55 Å². The molecule has 0 aliphatic heterocycles. The predicted molar refractivity (Wildman–Crippen MR) is 175 cm³/mol. The maximum atomic E-state index is 13.3. The van der Waals surface area contributed by atoms with Gasteiger partial charge in [0, 0.05) is 11.5 Å². The molecule has 0 amide bonds. The SMILES string of the molecule is COc1ccc(C=CC(=O)Oc2ccc(C(=O)Oc3c(C(=O)O)cc4ccccc4c3N=Nc3ccc(C)cc3S(=O)(=O)O)cc2)cc1. The molecule has 0 aromatic heterocycles. The van der Waals surface area contributed by atoms with E-state index in [1.54, 1.807) is 74.7 Å². The molecule has 0 unspecified atom stereocenters. The molecule has 242 valence electrons. The van der Waals surface area contributed by atoms with Gasteiger partial charge < -0.3 is 19.3 Å². The molecule has 0 saturated heterocycles. The standard InChI is InChI=1S/C35H26N2O10S/c1-21-7-17-29(30(19-21)48(42,43)44)36-37-32-27-6-4-3-5-24(27)20-28(34(39)40)33(32)47-35(41)23-11-15-26(16-12-23)46-31(38)18-10-22-8-13-25(45-2)14-9-22/h3-20H,1-2H3,(H,39,40)(H,42,43,44). The summed E-state index contributed by atoms with van der Waals surface area (Å²) < 4.78 is 49.7. The number of hydrogen-bond donors (Lipinski definition) is 2. The van der Waals surface area contributed by atoms with Crippen LogP contribution in [0.15, 0.2) is 118 Å². The Labute approximate surface area is 274 Å². The number of carbonyl (C=O) groups excluding carboxylic acids is 2. The maximum absolute atomic E-state index is 13.3. The molecule has 12 nitrogen and oxygen atoms in total. The number of carbonyl (C=O) groups is 3. The van der Waals surface area contributed by atoms with Crippen LogP contribution in [0.4, 0.5) is 11.4 Å². The first kappa shape index (κ1) is 33.2. The first-order chi connectivity index (χ1) is 22.9. The van der Waals surface area contributed by atoms with E-state index in [1.165, 1.54) is 48.5 Å². The van der Waals surface area contributed by atoms with E-state index in [2.05, 4.69) is 10.2 Å². The van der Waals surface area contributed by atoms with Crippen LogP contribution in [0, 0.1) is 6.92 Å². The Hall–Kier alpha value is -6.18. The molecule has 0 bridgehead atoms. The van der Waals surface area contributed by atoms with Crippen molar-refractivity contribution in [1.82, 2.24) is 0 Å². The molecule has 0 aliphatic rings. The van der Waals surface area contributed by atoms with E-state index in [0.29, 0.717) is 22.1 Å². The minimum atomic E-state index is -4.69. The maximum Gasteiger partial charge on any atom is 0.343 e. The minimum absolute atomic E-state index is 0.0110. The Morgan fingerprint density at radius 3 is 2.17 bits per heavy atom. The Morgan fingerprint density at radius 2 is 1.50 bits per heavy atom. The van der Waals surface area contributed by atoms with Crippen molar-refractivity contribution in [3.05, 3.63) is 125 Å². The van der Waals surface area contributed by atoms with E-state index in [9.17, 15) is 32.5 Å². The summed E-state index contributed by atoms with van der Waals surface area (Å²) in [6, 6.07) is 24.3. The minimum Gasteiger partial charge on any atom is -0.497 e. The summed E-state index contributed by atoms with van der Waals surface area (Å²) in [4.78, 5) is 37.4. The number of azo groups is 1. The summed E-state index contributed by atoms with van der Waals surface area (Å²) >= 11 is 0. The van der Waals surface area contributed by atoms with Crippen LogP contribution in [-0.4, -0.2) is 43.1 Å². The van der Waals surface area contributed by atoms with Gasteiger partial charge in [0.15, 0.2) is 5.75 Å². The molecule has 0 spiro atoms. The highest BCUT2D eigenvalue weighted by molar-refractivity contribution is 7.86. The monoisotopic (exact) mass is 666 g/mol. The number of nitrogens with zero attached hydrogens (tertiary/aromatic N) is 2. The summed E-state index contributed by atoms with van der Waals surface area (Å²) in [5.41, 5.74) is 0.452. The molecule has 0 atom stereocenters. The second-order valence-corrected chi connectivity index (χ2v) is 11.6. The quantitative estimate of drug-likeness (QED) is 0.0503. The third kappa shape index (κ3) is 7.78. The fourth-order valence-corrected chi connectivity index (χ4v) is 5.23. The van der Waals surface area contributed by atoms with Crippen molar-refractivity contribution in [2.45, 2.75) is 11.8 Å². The average Bonchev–Trinajstić information content (AvgIpc) is 3.07. The van der Waals surface area contributed by atoms with E-state index in [0.717, 1.165) is 5.56 Å². The fraction of sp³-hybridized carbons (Fsp3) is 0.0571. The van der Waals surface area contributed by atoms with Gasteiger partial charge in [-0.25, -0.2) is 14.4 Å². The van der Waals surface area contributed by atoms with E-state index >= 15 is 0 Å². The van der Waals surface area contributed by atoms with Crippen LogP contribution in [0.1, 0.15) is 31.8 Å². The van der Waals surface area contributed by atoms with Gasteiger partial charge >= 0.3 is 17.9 Å². The fourth-order valence-electron chi connectivity index (χ4n) is 4.53. The third-order valence-corrected chi connectivity index (χ3v) is 7.77. The van der Waals surface area contributed by atoms with Crippen molar-refractivity contribution >= 4 is 56.2 Å². The lowest BCUT2D eigenvalue weighted by molar-refractivity contribution is -0.128. The van der Waals surface area contributed by atoms with Gasteiger partial charge in [0.2, 0.25) is 0 Å². The number of benzene rings is 5. The molecule has 0 fully saturated rings. The van der Waals surface area contributed by atoms with Gasteiger partial charge in [-0.15, -0.1) is 10.2 Å². The van der Waals surface area contributed by atoms with Crippen LogP contribution in [0.2, 0.25) is 0 Å². The van der Waals surface area contributed by atoms with Gasteiger partial charge in [-0.05, 0) is 84.1 Å². The molecule has 0 heterocycles. The molecule has 5 aromatic rings. The molecule has 5 rings (SSSR count). The van der Waals surface area contributed by atoms with Crippen molar-refractivity contribution in [3.8, 4) is 17.2 Å². The first-order valence-electron chi connectivity index (χ1n) is 14.1. The number of fused-ring (bicyclic) bond motifs is 1. The summed E-state index contributed by atoms with van der Waals surface area (Å²) in [6.07, 6.45) is 2.80.